The molecule has 0 aliphatic heterocycles. The Hall–Kier alpha value is -3.38. The fourth-order valence-electron chi connectivity index (χ4n) is 2.61. The second kappa shape index (κ2) is 7.88. The van der Waals surface area contributed by atoms with Crippen molar-refractivity contribution in [3.05, 3.63) is 94.8 Å². The highest BCUT2D eigenvalue weighted by molar-refractivity contribution is 7.10. The van der Waals surface area contributed by atoms with Gasteiger partial charge in [-0.25, -0.2) is 4.98 Å². The zero-order valence-electron chi connectivity index (χ0n) is 14.4. The van der Waals surface area contributed by atoms with Gasteiger partial charge in [-0.3, -0.25) is 14.8 Å². The molecule has 5 nitrogen and oxygen atoms in total. The molecule has 6 heteroatoms. The Bertz CT molecular complexity index is 1030. The van der Waals surface area contributed by atoms with Crippen molar-refractivity contribution in [2.45, 2.75) is 6.42 Å². The van der Waals surface area contributed by atoms with Gasteiger partial charge in [-0.05, 0) is 36.4 Å². The van der Waals surface area contributed by atoms with Gasteiger partial charge in [0.2, 0.25) is 0 Å². The first-order chi connectivity index (χ1) is 13.3. The van der Waals surface area contributed by atoms with Crippen LogP contribution in [-0.4, -0.2) is 20.9 Å². The van der Waals surface area contributed by atoms with Crippen LogP contribution >= 0.6 is 11.3 Å². The number of aromatic nitrogens is 3. The van der Waals surface area contributed by atoms with Crippen molar-refractivity contribution >= 4 is 22.9 Å². The van der Waals surface area contributed by atoms with E-state index in [1.165, 1.54) is 0 Å². The van der Waals surface area contributed by atoms with Gasteiger partial charge in [0, 0.05) is 41.0 Å². The maximum atomic E-state index is 12.3. The topological polar surface area (TPSA) is 67.8 Å². The molecule has 0 aliphatic carbocycles. The first-order valence-electron chi connectivity index (χ1n) is 8.44. The summed E-state index contributed by atoms with van der Waals surface area (Å²) in [7, 11) is 0. The molecule has 0 radical (unpaired) electrons. The minimum Gasteiger partial charge on any atom is -0.321 e. The van der Waals surface area contributed by atoms with E-state index >= 15 is 0 Å². The summed E-state index contributed by atoms with van der Waals surface area (Å²) in [5.74, 6) is -0.163. The molecule has 3 aromatic heterocycles. The van der Waals surface area contributed by atoms with E-state index in [0.29, 0.717) is 11.3 Å². The van der Waals surface area contributed by atoms with Crippen molar-refractivity contribution in [1.29, 1.82) is 0 Å². The molecule has 0 unspecified atom stereocenters. The largest absolute Gasteiger partial charge is 0.321 e. The number of hydrogen-bond acceptors (Lipinski definition) is 5. The van der Waals surface area contributed by atoms with Gasteiger partial charge >= 0.3 is 0 Å². The first-order valence-corrected chi connectivity index (χ1v) is 9.32. The van der Waals surface area contributed by atoms with Crippen molar-refractivity contribution in [2.75, 3.05) is 5.32 Å². The van der Waals surface area contributed by atoms with E-state index in [0.717, 1.165) is 28.4 Å². The van der Waals surface area contributed by atoms with Crippen molar-refractivity contribution in [2.24, 2.45) is 0 Å². The highest BCUT2D eigenvalue weighted by Gasteiger charge is 2.09. The number of carbonyl (C=O) groups is 1. The van der Waals surface area contributed by atoms with Crippen LogP contribution in [0.3, 0.4) is 0 Å². The monoisotopic (exact) mass is 372 g/mol. The molecule has 4 rings (SSSR count). The Kier molecular flexibility index (Phi) is 4.98. The highest BCUT2D eigenvalue weighted by Crippen LogP contribution is 2.23. The van der Waals surface area contributed by atoms with Crippen LogP contribution in [0.25, 0.3) is 11.3 Å². The summed E-state index contributed by atoms with van der Waals surface area (Å²) < 4.78 is 0. The van der Waals surface area contributed by atoms with E-state index in [9.17, 15) is 4.79 Å². The van der Waals surface area contributed by atoms with Crippen LogP contribution in [0.4, 0.5) is 5.69 Å². The van der Waals surface area contributed by atoms with Gasteiger partial charge in [-0.2, -0.15) is 0 Å². The summed E-state index contributed by atoms with van der Waals surface area (Å²) in [6.07, 6.45) is 5.79. The van der Waals surface area contributed by atoms with E-state index in [1.54, 1.807) is 54.2 Å². The van der Waals surface area contributed by atoms with Gasteiger partial charge in [0.25, 0.3) is 5.91 Å². The van der Waals surface area contributed by atoms with Gasteiger partial charge in [-0.1, -0.05) is 18.2 Å². The molecular formula is C21H16N4OS. The van der Waals surface area contributed by atoms with Gasteiger partial charge in [0.05, 0.1) is 22.6 Å². The molecule has 0 atom stereocenters. The lowest BCUT2D eigenvalue weighted by atomic mass is 10.1. The second-order valence-electron chi connectivity index (χ2n) is 5.90. The number of anilines is 1. The van der Waals surface area contributed by atoms with Gasteiger partial charge < -0.3 is 5.32 Å². The first kappa shape index (κ1) is 17.1. The van der Waals surface area contributed by atoms with Crippen LogP contribution in [0.1, 0.15) is 21.1 Å². The predicted molar refractivity (Wildman–Crippen MR) is 107 cm³/mol. The number of nitrogens with one attached hydrogen (secondary N) is 1. The summed E-state index contributed by atoms with van der Waals surface area (Å²) in [4.78, 5) is 25.3. The van der Waals surface area contributed by atoms with Crippen molar-refractivity contribution < 1.29 is 4.79 Å². The molecule has 0 saturated carbocycles. The normalized spacial score (nSPS) is 10.5. The number of carbonyl (C=O) groups excluding carboxylic acids is 1. The maximum Gasteiger partial charge on any atom is 0.255 e. The quantitative estimate of drug-likeness (QED) is 0.562. The zero-order valence-corrected chi connectivity index (χ0v) is 15.2. The molecule has 0 fully saturated rings. The minimum absolute atomic E-state index is 0.163. The molecule has 1 amide bonds. The lowest BCUT2D eigenvalue weighted by molar-refractivity contribution is 0.102. The Balaban J connectivity index is 1.45. The van der Waals surface area contributed by atoms with Crippen molar-refractivity contribution in [3.8, 4) is 11.3 Å². The van der Waals surface area contributed by atoms with Crippen LogP contribution < -0.4 is 5.32 Å². The summed E-state index contributed by atoms with van der Waals surface area (Å²) in [5.41, 5.74) is 4.15. The molecule has 27 heavy (non-hydrogen) atoms. The van der Waals surface area contributed by atoms with Gasteiger partial charge in [0.1, 0.15) is 0 Å². The molecule has 0 bridgehead atoms. The van der Waals surface area contributed by atoms with E-state index in [2.05, 4.69) is 20.3 Å². The molecule has 3 heterocycles. The lowest BCUT2D eigenvalue weighted by Crippen LogP contribution is -2.11. The van der Waals surface area contributed by atoms with Crippen molar-refractivity contribution in [1.82, 2.24) is 15.0 Å². The Morgan fingerprint density at radius 1 is 1.00 bits per heavy atom. The maximum absolute atomic E-state index is 12.3. The van der Waals surface area contributed by atoms with Crippen LogP contribution in [0.5, 0.6) is 0 Å². The summed E-state index contributed by atoms with van der Waals surface area (Å²) in [5, 5.41) is 5.87. The number of rotatable bonds is 5. The average Bonchev–Trinajstić information content (AvgIpc) is 3.18. The molecule has 0 saturated heterocycles. The highest BCUT2D eigenvalue weighted by atomic mass is 32.1. The Morgan fingerprint density at radius 2 is 1.89 bits per heavy atom. The summed E-state index contributed by atoms with van der Waals surface area (Å²) >= 11 is 1.61. The number of benzene rings is 1. The summed E-state index contributed by atoms with van der Waals surface area (Å²) in [6.45, 7) is 0. The summed E-state index contributed by atoms with van der Waals surface area (Å²) in [6, 6.07) is 16.9. The number of pyridine rings is 2. The van der Waals surface area contributed by atoms with Crippen molar-refractivity contribution in [3.63, 3.8) is 0 Å². The third-order valence-electron chi connectivity index (χ3n) is 3.97. The standard InChI is InChI=1S/C21H16N4OS/c26-21(24-18-5-3-10-22-13-18)16-8-6-15(7-9-16)19-14-27-20(25-19)12-17-4-1-2-11-23-17/h1-11,13-14H,12H2,(H,24,26). The predicted octanol–water partition coefficient (Wildman–Crippen LogP) is 4.44. The minimum atomic E-state index is -0.163. The molecular weight excluding hydrogens is 356 g/mol. The van der Waals surface area contributed by atoms with Crippen LogP contribution in [0, 0.1) is 0 Å². The van der Waals surface area contributed by atoms with E-state index < -0.39 is 0 Å². The smallest absolute Gasteiger partial charge is 0.255 e. The van der Waals surface area contributed by atoms with Crippen LogP contribution in [0.2, 0.25) is 0 Å². The fourth-order valence-corrected chi connectivity index (χ4v) is 3.43. The second-order valence-corrected chi connectivity index (χ2v) is 6.84. The SMILES string of the molecule is O=C(Nc1cccnc1)c1ccc(-c2csc(Cc3ccccn3)n2)cc1. The number of thiazole rings is 1. The molecule has 1 aromatic carbocycles. The molecule has 0 spiro atoms. The Labute approximate surface area is 160 Å². The van der Waals surface area contributed by atoms with Crippen LogP contribution in [-0.2, 0) is 6.42 Å². The van der Waals surface area contributed by atoms with E-state index in [1.807, 2.05) is 35.7 Å². The zero-order chi connectivity index (χ0) is 18.5. The molecule has 4 aromatic rings. The number of amides is 1. The molecule has 132 valence electrons. The van der Waals surface area contributed by atoms with Gasteiger partial charge in [0.15, 0.2) is 0 Å². The van der Waals surface area contributed by atoms with E-state index in [-0.39, 0.29) is 5.91 Å². The van der Waals surface area contributed by atoms with Gasteiger partial charge in [-0.15, -0.1) is 11.3 Å². The molecule has 1 N–H and O–H groups in total. The lowest BCUT2D eigenvalue weighted by Gasteiger charge is -2.05. The third kappa shape index (κ3) is 4.24. The third-order valence-corrected chi connectivity index (χ3v) is 4.82. The average molecular weight is 372 g/mol. The number of hydrogen-bond donors (Lipinski definition) is 1. The van der Waals surface area contributed by atoms with E-state index in [4.69, 9.17) is 0 Å². The van der Waals surface area contributed by atoms with Crippen LogP contribution in [0.15, 0.2) is 78.6 Å². The molecule has 0 aliphatic rings. The number of nitrogens with zero attached hydrogens (tertiary/aromatic N) is 3. The fraction of sp³-hybridized carbons (Fsp3) is 0.0476. The Morgan fingerprint density at radius 3 is 2.63 bits per heavy atom.